The molecule has 32 heavy (non-hydrogen) atoms. The minimum atomic E-state index is -4.52. The van der Waals surface area contributed by atoms with Crippen LogP contribution in [0.25, 0.3) is 0 Å². The standard InChI is InChI=1S/C23H24F3N3O3/c24-23(25,26)17-6-7-20(29-9-11-32-12-10-29)19(14-17)27-21(30)8-5-16-13-15-3-1-2-4-18(15)28-22(16)31/h1-4,6-7,14,16H,5,8-13H2,(H,27,30)(H,28,31)/t16-/m1/s1. The van der Waals surface area contributed by atoms with Gasteiger partial charge in [0.2, 0.25) is 11.8 Å². The summed E-state index contributed by atoms with van der Waals surface area (Å²) in [4.78, 5) is 26.9. The zero-order chi connectivity index (χ0) is 22.7. The fourth-order valence-corrected chi connectivity index (χ4v) is 4.06. The Balaban J connectivity index is 1.45. The van der Waals surface area contributed by atoms with E-state index in [0.717, 1.165) is 23.4 Å². The van der Waals surface area contributed by atoms with E-state index >= 15 is 0 Å². The highest BCUT2D eigenvalue weighted by molar-refractivity contribution is 5.97. The second kappa shape index (κ2) is 9.20. The maximum absolute atomic E-state index is 13.2. The number of halogens is 3. The number of morpholine rings is 1. The third-order valence-corrected chi connectivity index (χ3v) is 5.78. The minimum Gasteiger partial charge on any atom is -0.378 e. The fraction of sp³-hybridized carbons (Fsp3) is 0.391. The second-order valence-electron chi connectivity index (χ2n) is 7.96. The zero-order valence-corrected chi connectivity index (χ0v) is 17.4. The van der Waals surface area contributed by atoms with Crippen molar-refractivity contribution in [3.63, 3.8) is 0 Å². The molecule has 0 aliphatic carbocycles. The van der Waals surface area contributed by atoms with E-state index in [0.29, 0.717) is 44.8 Å². The lowest BCUT2D eigenvalue weighted by Crippen LogP contribution is -2.37. The first kappa shape index (κ1) is 22.1. The summed E-state index contributed by atoms with van der Waals surface area (Å²) in [6, 6.07) is 10.9. The molecular weight excluding hydrogens is 423 g/mol. The van der Waals surface area contributed by atoms with Crippen LogP contribution in [0.15, 0.2) is 42.5 Å². The van der Waals surface area contributed by atoms with E-state index in [9.17, 15) is 22.8 Å². The molecule has 0 bridgehead atoms. The molecule has 6 nitrogen and oxygen atoms in total. The summed E-state index contributed by atoms with van der Waals surface area (Å²) >= 11 is 0. The van der Waals surface area contributed by atoms with Crippen LogP contribution < -0.4 is 15.5 Å². The van der Waals surface area contributed by atoms with Crippen molar-refractivity contribution in [2.45, 2.75) is 25.4 Å². The quantitative estimate of drug-likeness (QED) is 0.725. The van der Waals surface area contributed by atoms with E-state index < -0.39 is 17.6 Å². The van der Waals surface area contributed by atoms with Crippen molar-refractivity contribution in [2.24, 2.45) is 5.92 Å². The van der Waals surface area contributed by atoms with Gasteiger partial charge >= 0.3 is 6.18 Å². The van der Waals surface area contributed by atoms with Gasteiger partial charge in [0.15, 0.2) is 0 Å². The molecule has 0 aromatic heterocycles. The van der Waals surface area contributed by atoms with Crippen LogP contribution in [0.1, 0.15) is 24.0 Å². The summed E-state index contributed by atoms with van der Waals surface area (Å²) in [6.45, 7) is 1.98. The van der Waals surface area contributed by atoms with Gasteiger partial charge in [0.1, 0.15) is 0 Å². The molecule has 2 amide bonds. The number of nitrogens with zero attached hydrogens (tertiary/aromatic N) is 1. The maximum atomic E-state index is 13.2. The largest absolute Gasteiger partial charge is 0.416 e. The number of alkyl halides is 3. The highest BCUT2D eigenvalue weighted by Crippen LogP contribution is 2.36. The van der Waals surface area contributed by atoms with Crippen LogP contribution >= 0.6 is 0 Å². The van der Waals surface area contributed by atoms with Crippen LogP contribution in [0.2, 0.25) is 0 Å². The number of amides is 2. The van der Waals surface area contributed by atoms with E-state index in [-0.39, 0.29) is 23.9 Å². The molecule has 0 saturated carbocycles. The van der Waals surface area contributed by atoms with Gasteiger partial charge in [-0.25, -0.2) is 0 Å². The van der Waals surface area contributed by atoms with Gasteiger partial charge in [-0.05, 0) is 42.7 Å². The molecule has 1 atom stereocenters. The number of benzene rings is 2. The highest BCUT2D eigenvalue weighted by atomic mass is 19.4. The molecular formula is C23H24F3N3O3. The number of nitrogens with one attached hydrogen (secondary N) is 2. The number of rotatable bonds is 5. The fourth-order valence-electron chi connectivity index (χ4n) is 4.06. The molecule has 1 saturated heterocycles. The summed E-state index contributed by atoms with van der Waals surface area (Å²) in [5, 5.41) is 5.49. The summed E-state index contributed by atoms with van der Waals surface area (Å²) in [5.74, 6) is -0.939. The number of hydrogen-bond donors (Lipinski definition) is 2. The third-order valence-electron chi connectivity index (χ3n) is 5.78. The van der Waals surface area contributed by atoms with Gasteiger partial charge < -0.3 is 20.3 Å². The van der Waals surface area contributed by atoms with Crippen molar-refractivity contribution in [1.29, 1.82) is 0 Å². The summed E-state index contributed by atoms with van der Waals surface area (Å²) in [7, 11) is 0. The first-order valence-electron chi connectivity index (χ1n) is 10.5. The number of anilines is 3. The average Bonchev–Trinajstić information content (AvgIpc) is 2.77. The van der Waals surface area contributed by atoms with Crippen LogP contribution in [0.3, 0.4) is 0 Å². The minimum absolute atomic E-state index is 0.0268. The van der Waals surface area contributed by atoms with Crippen molar-refractivity contribution in [1.82, 2.24) is 0 Å². The Kier molecular flexibility index (Phi) is 6.36. The summed E-state index contributed by atoms with van der Waals surface area (Å²) in [5.41, 5.74) is 1.60. The van der Waals surface area contributed by atoms with Gasteiger partial charge in [0.25, 0.3) is 0 Å². The van der Waals surface area contributed by atoms with Crippen molar-refractivity contribution in [3.05, 3.63) is 53.6 Å². The van der Waals surface area contributed by atoms with Crippen LogP contribution in [0.5, 0.6) is 0 Å². The predicted molar refractivity (Wildman–Crippen MR) is 115 cm³/mol. The van der Waals surface area contributed by atoms with E-state index in [2.05, 4.69) is 10.6 Å². The van der Waals surface area contributed by atoms with Crippen LogP contribution in [-0.4, -0.2) is 38.1 Å². The first-order chi connectivity index (χ1) is 15.3. The number of fused-ring (bicyclic) bond motifs is 1. The Bertz CT molecular complexity index is 1000. The molecule has 2 aliphatic heterocycles. The second-order valence-corrected chi connectivity index (χ2v) is 7.96. The Morgan fingerprint density at radius 2 is 1.91 bits per heavy atom. The summed E-state index contributed by atoms with van der Waals surface area (Å²) < 4.78 is 45.0. The monoisotopic (exact) mass is 447 g/mol. The molecule has 1 fully saturated rings. The normalized spacial score (nSPS) is 18.7. The molecule has 4 rings (SSSR count). The van der Waals surface area contributed by atoms with Crippen LogP contribution in [0.4, 0.5) is 30.2 Å². The van der Waals surface area contributed by atoms with E-state index in [1.807, 2.05) is 29.2 Å². The van der Waals surface area contributed by atoms with Crippen molar-refractivity contribution in [3.8, 4) is 0 Å². The maximum Gasteiger partial charge on any atom is 0.416 e. The lowest BCUT2D eigenvalue weighted by atomic mass is 9.89. The van der Waals surface area contributed by atoms with Crippen molar-refractivity contribution in [2.75, 3.05) is 41.8 Å². The topological polar surface area (TPSA) is 70.7 Å². The molecule has 2 aliphatic rings. The number of hydrogen-bond acceptors (Lipinski definition) is 4. The highest BCUT2D eigenvalue weighted by Gasteiger charge is 2.32. The lowest BCUT2D eigenvalue weighted by molar-refractivity contribution is -0.137. The average molecular weight is 447 g/mol. The molecule has 0 spiro atoms. The number of para-hydroxylation sites is 1. The number of carbonyl (C=O) groups is 2. The first-order valence-corrected chi connectivity index (χ1v) is 10.5. The number of carbonyl (C=O) groups excluding carboxylic acids is 2. The van der Waals surface area contributed by atoms with Crippen LogP contribution in [-0.2, 0) is 26.9 Å². The third kappa shape index (κ3) is 5.04. The smallest absolute Gasteiger partial charge is 0.378 e. The molecule has 2 heterocycles. The van der Waals surface area contributed by atoms with Gasteiger partial charge in [0, 0.05) is 31.1 Å². The molecule has 0 radical (unpaired) electrons. The molecule has 0 unspecified atom stereocenters. The van der Waals surface area contributed by atoms with E-state index in [4.69, 9.17) is 4.74 Å². The van der Waals surface area contributed by atoms with E-state index in [1.54, 1.807) is 0 Å². The Hall–Kier alpha value is -3.07. The Morgan fingerprint density at radius 1 is 1.16 bits per heavy atom. The molecule has 9 heteroatoms. The predicted octanol–water partition coefficient (Wildman–Crippen LogP) is 4.07. The lowest BCUT2D eigenvalue weighted by Gasteiger charge is -2.31. The van der Waals surface area contributed by atoms with Crippen LogP contribution in [0, 0.1) is 5.92 Å². The summed E-state index contributed by atoms with van der Waals surface area (Å²) in [6.07, 6.45) is -3.66. The van der Waals surface area contributed by atoms with Gasteiger partial charge in [-0.2, -0.15) is 13.2 Å². The molecule has 170 valence electrons. The van der Waals surface area contributed by atoms with Gasteiger partial charge in [-0.1, -0.05) is 18.2 Å². The van der Waals surface area contributed by atoms with E-state index in [1.165, 1.54) is 6.07 Å². The SMILES string of the molecule is O=C(CC[C@@H]1Cc2ccccc2NC1=O)Nc1cc(C(F)(F)F)ccc1N1CCOCC1. The molecule has 2 aromatic carbocycles. The van der Waals surface area contributed by atoms with Crippen molar-refractivity contribution < 1.29 is 27.5 Å². The molecule has 2 aromatic rings. The van der Waals surface area contributed by atoms with Gasteiger partial charge in [-0.15, -0.1) is 0 Å². The zero-order valence-electron chi connectivity index (χ0n) is 17.4. The molecule has 2 N–H and O–H groups in total. The van der Waals surface area contributed by atoms with Gasteiger partial charge in [-0.3, -0.25) is 9.59 Å². The Morgan fingerprint density at radius 3 is 2.66 bits per heavy atom. The van der Waals surface area contributed by atoms with Crippen molar-refractivity contribution >= 4 is 28.9 Å². The number of ether oxygens (including phenoxy) is 1. The van der Waals surface area contributed by atoms with Gasteiger partial charge in [0.05, 0.1) is 30.2 Å². The Labute approximate surface area is 183 Å².